The van der Waals surface area contributed by atoms with E-state index in [9.17, 15) is 0 Å². The summed E-state index contributed by atoms with van der Waals surface area (Å²) < 4.78 is 3.63. The van der Waals surface area contributed by atoms with Crippen LogP contribution in [0.1, 0.15) is 24.4 Å². The van der Waals surface area contributed by atoms with Gasteiger partial charge >= 0.3 is 0 Å². The molecule has 0 spiro atoms. The van der Waals surface area contributed by atoms with Crippen LogP contribution in [-0.4, -0.2) is 24.5 Å². The Morgan fingerprint density at radius 3 is 2.56 bits per heavy atom. The number of hydrogen-bond donors (Lipinski definition) is 1. The Bertz CT molecular complexity index is 514. The number of nitrogens with zero attached hydrogens (tertiary/aromatic N) is 5. The number of nitrogens with two attached hydrogens (primary N) is 1. The minimum absolute atomic E-state index is 0.149. The molecule has 6 nitrogen and oxygen atoms in total. The summed E-state index contributed by atoms with van der Waals surface area (Å²) in [5, 5.41) is 8.80. The highest BCUT2D eigenvalue weighted by Gasteiger charge is 2.50. The summed E-state index contributed by atoms with van der Waals surface area (Å²) in [6.45, 7) is 1.91. The van der Waals surface area contributed by atoms with Gasteiger partial charge in [0.05, 0.1) is 11.4 Å². The van der Waals surface area contributed by atoms with Crippen LogP contribution in [0.5, 0.6) is 0 Å². The molecule has 6 heteroatoms. The van der Waals surface area contributed by atoms with E-state index in [4.69, 9.17) is 5.73 Å². The summed E-state index contributed by atoms with van der Waals surface area (Å²) in [5.41, 5.74) is 7.26. The van der Waals surface area contributed by atoms with E-state index in [-0.39, 0.29) is 5.54 Å². The summed E-state index contributed by atoms with van der Waals surface area (Å²) >= 11 is 0. The smallest absolute Gasteiger partial charge is 0.178 e. The molecular formula is C10H14N6. The predicted octanol–water partition coefficient (Wildman–Crippen LogP) is 0.440. The van der Waals surface area contributed by atoms with Gasteiger partial charge in [-0.25, -0.2) is 4.98 Å². The number of hydrogen-bond acceptors (Lipinski definition) is 4. The molecule has 2 N–H and O–H groups in total. The highest BCUT2D eigenvalue weighted by Crippen LogP contribution is 2.47. The third-order valence-corrected chi connectivity index (χ3v) is 3.11. The Hall–Kier alpha value is -1.85. The minimum atomic E-state index is -0.149. The third-order valence-electron chi connectivity index (χ3n) is 3.11. The molecule has 2 aromatic rings. The van der Waals surface area contributed by atoms with Gasteiger partial charge in [-0.1, -0.05) is 0 Å². The summed E-state index contributed by atoms with van der Waals surface area (Å²) in [4.78, 5) is 4.32. The fraction of sp³-hybridized carbons (Fsp3) is 0.500. The average Bonchev–Trinajstić information content (AvgIpc) is 2.84. The van der Waals surface area contributed by atoms with Crippen molar-refractivity contribution in [3.63, 3.8) is 0 Å². The van der Waals surface area contributed by atoms with E-state index in [0.717, 1.165) is 30.0 Å². The molecule has 1 aliphatic carbocycles. The van der Waals surface area contributed by atoms with E-state index < -0.39 is 0 Å². The molecule has 0 saturated heterocycles. The molecule has 1 fully saturated rings. The van der Waals surface area contributed by atoms with Crippen LogP contribution >= 0.6 is 0 Å². The van der Waals surface area contributed by atoms with Crippen molar-refractivity contribution in [3.05, 3.63) is 24.0 Å². The second kappa shape index (κ2) is 2.84. The van der Waals surface area contributed by atoms with E-state index in [1.165, 1.54) is 0 Å². The number of aromatic nitrogens is 5. The van der Waals surface area contributed by atoms with E-state index in [1.807, 2.05) is 24.9 Å². The van der Waals surface area contributed by atoms with Gasteiger partial charge in [-0.2, -0.15) is 10.2 Å². The fourth-order valence-electron chi connectivity index (χ4n) is 1.92. The van der Waals surface area contributed by atoms with Crippen molar-refractivity contribution in [2.24, 2.45) is 7.05 Å². The Morgan fingerprint density at radius 1 is 1.38 bits per heavy atom. The van der Waals surface area contributed by atoms with Gasteiger partial charge in [-0.05, 0) is 19.8 Å². The highest BCUT2D eigenvalue weighted by molar-refractivity contribution is 5.40. The summed E-state index contributed by atoms with van der Waals surface area (Å²) in [6.07, 6.45) is 5.64. The molecule has 16 heavy (non-hydrogen) atoms. The number of nitrogen functional groups attached to an aromatic ring is 1. The molecule has 1 saturated carbocycles. The molecule has 0 atom stereocenters. The molecule has 2 aromatic heterocycles. The van der Waals surface area contributed by atoms with Crippen molar-refractivity contribution >= 4 is 5.69 Å². The van der Waals surface area contributed by atoms with Crippen LogP contribution in [0, 0.1) is 6.92 Å². The van der Waals surface area contributed by atoms with Gasteiger partial charge in [0, 0.05) is 13.2 Å². The third kappa shape index (κ3) is 1.16. The Balaban J connectivity index is 2.06. The zero-order valence-electron chi connectivity index (χ0n) is 9.38. The normalized spacial score (nSPS) is 17.6. The topological polar surface area (TPSA) is 74.5 Å². The lowest BCUT2D eigenvalue weighted by molar-refractivity contribution is 0.475. The van der Waals surface area contributed by atoms with E-state index in [1.54, 1.807) is 11.0 Å². The summed E-state index contributed by atoms with van der Waals surface area (Å²) in [5.74, 6) is 0.831. The van der Waals surface area contributed by atoms with Gasteiger partial charge in [-0.3, -0.25) is 9.36 Å². The maximum atomic E-state index is 5.82. The van der Waals surface area contributed by atoms with Crippen molar-refractivity contribution in [1.82, 2.24) is 24.5 Å². The number of aryl methyl sites for hydroxylation is 2. The number of rotatable bonds is 2. The van der Waals surface area contributed by atoms with E-state index in [2.05, 4.69) is 15.2 Å². The quantitative estimate of drug-likeness (QED) is 0.793. The van der Waals surface area contributed by atoms with Crippen molar-refractivity contribution in [2.45, 2.75) is 25.3 Å². The molecule has 0 aliphatic heterocycles. The molecule has 2 heterocycles. The standard InChI is InChI=1S/C10H14N6/c1-7-8(11)5-16(13-7)10(3-4-10)9-12-6-15(2)14-9/h5-6H,3-4,11H2,1-2H3. The van der Waals surface area contributed by atoms with Crippen LogP contribution in [0.15, 0.2) is 12.5 Å². The van der Waals surface area contributed by atoms with Gasteiger partial charge in [0.1, 0.15) is 11.9 Å². The second-order valence-electron chi connectivity index (χ2n) is 4.39. The van der Waals surface area contributed by atoms with Gasteiger partial charge in [0.15, 0.2) is 5.82 Å². The highest BCUT2D eigenvalue weighted by atomic mass is 15.4. The van der Waals surface area contributed by atoms with Crippen molar-refractivity contribution in [3.8, 4) is 0 Å². The summed E-state index contributed by atoms with van der Waals surface area (Å²) in [7, 11) is 1.87. The van der Waals surface area contributed by atoms with Crippen LogP contribution in [0.25, 0.3) is 0 Å². The van der Waals surface area contributed by atoms with Crippen molar-refractivity contribution < 1.29 is 0 Å². The maximum absolute atomic E-state index is 5.82. The van der Waals surface area contributed by atoms with Crippen molar-refractivity contribution in [2.75, 3.05) is 5.73 Å². The largest absolute Gasteiger partial charge is 0.396 e. The van der Waals surface area contributed by atoms with Gasteiger partial charge < -0.3 is 5.73 Å². The zero-order chi connectivity index (χ0) is 11.3. The Kier molecular flexibility index (Phi) is 1.66. The van der Waals surface area contributed by atoms with E-state index >= 15 is 0 Å². The fourth-order valence-corrected chi connectivity index (χ4v) is 1.92. The van der Waals surface area contributed by atoms with Crippen LogP contribution in [0.3, 0.4) is 0 Å². The molecule has 0 unspecified atom stereocenters. The van der Waals surface area contributed by atoms with Crippen LogP contribution in [-0.2, 0) is 12.6 Å². The van der Waals surface area contributed by atoms with Crippen LogP contribution in [0.2, 0.25) is 0 Å². The van der Waals surface area contributed by atoms with Crippen molar-refractivity contribution in [1.29, 1.82) is 0 Å². The first-order chi connectivity index (χ1) is 7.62. The SMILES string of the molecule is Cc1nn(C2(c3ncn(C)n3)CC2)cc1N. The van der Waals surface area contributed by atoms with Crippen LogP contribution < -0.4 is 5.73 Å². The second-order valence-corrected chi connectivity index (χ2v) is 4.39. The average molecular weight is 218 g/mol. The molecule has 0 amide bonds. The Morgan fingerprint density at radius 2 is 2.12 bits per heavy atom. The molecule has 84 valence electrons. The molecule has 1 aliphatic rings. The molecule has 0 radical (unpaired) electrons. The van der Waals surface area contributed by atoms with Gasteiger partial charge in [-0.15, -0.1) is 0 Å². The lowest BCUT2D eigenvalue weighted by atomic mass is 10.2. The molecular weight excluding hydrogens is 204 g/mol. The van der Waals surface area contributed by atoms with Gasteiger partial charge in [0.25, 0.3) is 0 Å². The number of anilines is 1. The molecule has 0 bridgehead atoms. The predicted molar refractivity (Wildman–Crippen MR) is 58.7 cm³/mol. The monoisotopic (exact) mass is 218 g/mol. The minimum Gasteiger partial charge on any atom is -0.396 e. The molecule has 3 rings (SSSR count). The van der Waals surface area contributed by atoms with E-state index in [0.29, 0.717) is 0 Å². The van der Waals surface area contributed by atoms with Crippen LogP contribution in [0.4, 0.5) is 5.69 Å². The lowest BCUT2D eigenvalue weighted by Gasteiger charge is -2.11. The zero-order valence-corrected chi connectivity index (χ0v) is 9.38. The molecule has 0 aromatic carbocycles. The summed E-state index contributed by atoms with van der Waals surface area (Å²) in [6, 6.07) is 0. The first-order valence-corrected chi connectivity index (χ1v) is 5.30. The Labute approximate surface area is 93.1 Å². The van der Waals surface area contributed by atoms with Gasteiger partial charge in [0.2, 0.25) is 0 Å². The maximum Gasteiger partial charge on any atom is 0.178 e. The first kappa shape index (κ1) is 9.38. The lowest BCUT2D eigenvalue weighted by Crippen LogP contribution is -2.21. The first-order valence-electron chi connectivity index (χ1n) is 5.30.